The van der Waals surface area contributed by atoms with Gasteiger partial charge in [0.2, 0.25) is 0 Å². The van der Waals surface area contributed by atoms with Crippen LogP contribution in [0.3, 0.4) is 0 Å². The molecule has 0 aromatic heterocycles. The van der Waals surface area contributed by atoms with E-state index in [4.69, 9.17) is 14.6 Å². The van der Waals surface area contributed by atoms with Crippen LogP contribution in [0.4, 0.5) is 0 Å². The van der Waals surface area contributed by atoms with Crippen LogP contribution in [0.5, 0.6) is 11.5 Å². The van der Waals surface area contributed by atoms with Crippen LogP contribution in [0.1, 0.15) is 31.2 Å². The van der Waals surface area contributed by atoms with Crippen LogP contribution in [0.15, 0.2) is 18.2 Å². The number of benzene rings is 1. The Bertz CT molecular complexity index is 387. The van der Waals surface area contributed by atoms with Gasteiger partial charge in [0, 0.05) is 12.0 Å². The second-order valence-electron chi connectivity index (χ2n) is 3.92. The van der Waals surface area contributed by atoms with E-state index < -0.39 is 5.97 Å². The summed E-state index contributed by atoms with van der Waals surface area (Å²) in [6.07, 6.45) is 0.736. The van der Waals surface area contributed by atoms with E-state index in [2.05, 4.69) is 0 Å². The normalized spacial score (nSPS) is 11.9. The van der Waals surface area contributed by atoms with E-state index in [1.165, 1.54) is 0 Å². The molecule has 1 unspecified atom stereocenters. The van der Waals surface area contributed by atoms with Gasteiger partial charge in [-0.25, -0.2) is 0 Å². The minimum atomic E-state index is -0.779. The smallest absolute Gasteiger partial charge is 0.303 e. The Morgan fingerprint density at radius 2 is 2.06 bits per heavy atom. The second kappa shape index (κ2) is 6.13. The third-order valence-corrected chi connectivity index (χ3v) is 2.76. The van der Waals surface area contributed by atoms with Gasteiger partial charge in [-0.2, -0.15) is 0 Å². The molecule has 0 heterocycles. The van der Waals surface area contributed by atoms with E-state index in [1.54, 1.807) is 14.2 Å². The average molecular weight is 238 g/mol. The quantitative estimate of drug-likeness (QED) is 0.827. The van der Waals surface area contributed by atoms with E-state index in [9.17, 15) is 4.79 Å². The number of rotatable bonds is 6. The summed E-state index contributed by atoms with van der Waals surface area (Å²) in [5.74, 6) is 0.704. The van der Waals surface area contributed by atoms with Gasteiger partial charge in [0.15, 0.2) is 11.5 Å². The van der Waals surface area contributed by atoms with E-state index >= 15 is 0 Å². The molecule has 4 nitrogen and oxygen atoms in total. The van der Waals surface area contributed by atoms with Gasteiger partial charge in [-0.1, -0.05) is 19.1 Å². The Balaban J connectivity index is 2.92. The maximum atomic E-state index is 10.6. The van der Waals surface area contributed by atoms with Gasteiger partial charge in [-0.15, -0.1) is 0 Å². The number of hydrogen-bond acceptors (Lipinski definition) is 3. The summed E-state index contributed by atoms with van der Waals surface area (Å²) in [5.41, 5.74) is 0.980. The first-order chi connectivity index (χ1) is 8.10. The summed E-state index contributed by atoms with van der Waals surface area (Å²) in [4.78, 5) is 10.6. The highest BCUT2D eigenvalue weighted by molar-refractivity contribution is 5.66. The van der Waals surface area contributed by atoms with Gasteiger partial charge < -0.3 is 14.6 Å². The molecule has 0 amide bonds. The molecule has 1 rings (SSSR count). The van der Waals surface area contributed by atoms with E-state index in [0.717, 1.165) is 5.56 Å². The zero-order valence-electron chi connectivity index (χ0n) is 10.4. The standard InChI is InChI=1S/C13H18O4/c1-9(7-8-12(14)15)10-5-4-6-11(16-2)13(10)17-3/h4-6,9H,7-8H2,1-3H3,(H,14,15). The molecule has 1 aromatic rings. The van der Waals surface area contributed by atoms with Crippen molar-refractivity contribution < 1.29 is 19.4 Å². The van der Waals surface area contributed by atoms with E-state index in [-0.39, 0.29) is 12.3 Å². The summed E-state index contributed by atoms with van der Waals surface area (Å²) in [6, 6.07) is 5.65. The first-order valence-corrected chi connectivity index (χ1v) is 5.52. The molecule has 0 aliphatic rings. The van der Waals surface area contributed by atoms with Gasteiger partial charge in [0.1, 0.15) is 0 Å². The lowest BCUT2D eigenvalue weighted by molar-refractivity contribution is -0.137. The number of carboxylic acids is 1. The lowest BCUT2D eigenvalue weighted by Crippen LogP contribution is -2.03. The molecule has 1 N–H and O–H groups in total. The molecule has 0 saturated carbocycles. The molecule has 0 radical (unpaired) electrons. The van der Waals surface area contributed by atoms with E-state index in [0.29, 0.717) is 17.9 Å². The SMILES string of the molecule is COc1cccc(C(C)CCC(=O)O)c1OC. The van der Waals surface area contributed by atoms with Gasteiger partial charge >= 0.3 is 5.97 Å². The molecule has 17 heavy (non-hydrogen) atoms. The summed E-state index contributed by atoms with van der Waals surface area (Å²) < 4.78 is 10.5. The minimum absolute atomic E-state index is 0.121. The Kier molecular flexibility index (Phi) is 4.82. The minimum Gasteiger partial charge on any atom is -0.493 e. The van der Waals surface area contributed by atoms with Crippen LogP contribution in [0, 0.1) is 0 Å². The van der Waals surface area contributed by atoms with Gasteiger partial charge in [0.05, 0.1) is 14.2 Å². The number of hydrogen-bond donors (Lipinski definition) is 1. The first-order valence-electron chi connectivity index (χ1n) is 5.52. The number of carbonyl (C=O) groups is 1. The van der Waals surface area contributed by atoms with Gasteiger partial charge in [-0.05, 0) is 18.4 Å². The van der Waals surface area contributed by atoms with Crippen molar-refractivity contribution in [1.82, 2.24) is 0 Å². The fourth-order valence-corrected chi connectivity index (χ4v) is 1.80. The molecule has 1 aromatic carbocycles. The number of ether oxygens (including phenoxy) is 2. The van der Waals surface area contributed by atoms with Crippen molar-refractivity contribution in [1.29, 1.82) is 0 Å². The predicted molar refractivity (Wildman–Crippen MR) is 64.8 cm³/mol. The molecule has 1 atom stereocenters. The average Bonchev–Trinajstić information content (AvgIpc) is 2.34. The Morgan fingerprint density at radius 1 is 1.35 bits per heavy atom. The molecule has 94 valence electrons. The van der Waals surface area contributed by atoms with Crippen molar-refractivity contribution in [3.63, 3.8) is 0 Å². The second-order valence-corrected chi connectivity index (χ2v) is 3.92. The van der Waals surface area contributed by atoms with Crippen molar-refractivity contribution in [2.75, 3.05) is 14.2 Å². The van der Waals surface area contributed by atoms with Crippen molar-refractivity contribution in [3.8, 4) is 11.5 Å². The highest BCUT2D eigenvalue weighted by Crippen LogP contribution is 2.36. The van der Waals surface area contributed by atoms with Crippen molar-refractivity contribution in [2.45, 2.75) is 25.7 Å². The van der Waals surface area contributed by atoms with Gasteiger partial charge in [0.25, 0.3) is 0 Å². The number of para-hydroxylation sites is 1. The number of methoxy groups -OCH3 is 2. The molecule has 4 heteroatoms. The predicted octanol–water partition coefficient (Wildman–Crippen LogP) is 2.67. The number of aliphatic carboxylic acids is 1. The molecule has 0 fully saturated rings. The summed E-state index contributed by atoms with van der Waals surface area (Å²) >= 11 is 0. The lowest BCUT2D eigenvalue weighted by atomic mass is 9.95. The van der Waals surface area contributed by atoms with Crippen LogP contribution < -0.4 is 9.47 Å². The largest absolute Gasteiger partial charge is 0.493 e. The zero-order valence-corrected chi connectivity index (χ0v) is 10.4. The van der Waals surface area contributed by atoms with Crippen LogP contribution >= 0.6 is 0 Å². The van der Waals surface area contributed by atoms with Crippen molar-refractivity contribution in [2.24, 2.45) is 0 Å². The van der Waals surface area contributed by atoms with Gasteiger partial charge in [-0.3, -0.25) is 4.79 Å². The summed E-state index contributed by atoms with van der Waals surface area (Å²) in [7, 11) is 3.18. The Labute approximate surface area is 101 Å². The number of carboxylic acid groups (broad SMARTS) is 1. The third-order valence-electron chi connectivity index (χ3n) is 2.76. The molecule has 0 aliphatic heterocycles. The molecular formula is C13H18O4. The van der Waals surface area contributed by atoms with E-state index in [1.807, 2.05) is 25.1 Å². The fourth-order valence-electron chi connectivity index (χ4n) is 1.80. The highest BCUT2D eigenvalue weighted by Gasteiger charge is 2.16. The third kappa shape index (κ3) is 3.37. The van der Waals surface area contributed by atoms with Crippen LogP contribution in [0.25, 0.3) is 0 Å². The Morgan fingerprint density at radius 3 is 2.59 bits per heavy atom. The molecule has 0 aliphatic carbocycles. The van der Waals surface area contributed by atoms with Crippen molar-refractivity contribution >= 4 is 5.97 Å². The highest BCUT2D eigenvalue weighted by atomic mass is 16.5. The first kappa shape index (κ1) is 13.4. The molecule has 0 spiro atoms. The summed E-state index contributed by atoms with van der Waals surface area (Å²) in [6.45, 7) is 1.99. The molecular weight excluding hydrogens is 220 g/mol. The zero-order chi connectivity index (χ0) is 12.8. The van der Waals surface area contributed by atoms with Crippen LogP contribution in [-0.4, -0.2) is 25.3 Å². The van der Waals surface area contributed by atoms with Crippen LogP contribution in [0.2, 0.25) is 0 Å². The van der Waals surface area contributed by atoms with Crippen LogP contribution in [-0.2, 0) is 4.79 Å². The topological polar surface area (TPSA) is 55.8 Å². The Hall–Kier alpha value is -1.71. The maximum absolute atomic E-state index is 10.6. The van der Waals surface area contributed by atoms with Crippen molar-refractivity contribution in [3.05, 3.63) is 23.8 Å². The summed E-state index contributed by atoms with van der Waals surface area (Å²) in [5, 5.41) is 8.68. The fraction of sp³-hybridized carbons (Fsp3) is 0.462. The molecule has 0 bridgehead atoms. The molecule has 0 saturated heterocycles. The lowest BCUT2D eigenvalue weighted by Gasteiger charge is -2.17. The monoisotopic (exact) mass is 238 g/mol. The maximum Gasteiger partial charge on any atom is 0.303 e.